The van der Waals surface area contributed by atoms with Gasteiger partial charge in [-0.05, 0) is 0 Å². The molecule has 6 nitrogen and oxygen atoms in total. The first kappa shape index (κ1) is 11.0. The van der Waals surface area contributed by atoms with Gasteiger partial charge >= 0.3 is 7.82 Å². The van der Waals surface area contributed by atoms with Gasteiger partial charge in [-0.25, -0.2) is 9.09 Å². The molecule has 0 heterocycles. The van der Waals surface area contributed by atoms with Crippen LogP contribution in [0.25, 0.3) is 0 Å². The second-order valence-electron chi connectivity index (χ2n) is 1.84. The zero-order valence-electron chi connectivity index (χ0n) is 6.47. The summed E-state index contributed by atoms with van der Waals surface area (Å²) >= 11 is 0. The van der Waals surface area contributed by atoms with Gasteiger partial charge in [0, 0.05) is 21.1 Å². The molecule has 0 amide bonds. The Balaban J connectivity index is 4.21. The molecule has 0 fully saturated rings. The molecule has 0 spiro atoms. The van der Waals surface area contributed by atoms with Crippen molar-refractivity contribution in [2.24, 2.45) is 0 Å². The first-order chi connectivity index (χ1) is 4.83. The van der Waals surface area contributed by atoms with E-state index >= 15 is 0 Å². The van der Waals surface area contributed by atoms with E-state index in [9.17, 15) is 4.57 Å². The molecule has 68 valence electrons. The van der Waals surface area contributed by atoms with Crippen molar-refractivity contribution in [3.63, 3.8) is 0 Å². The van der Waals surface area contributed by atoms with E-state index in [1.807, 2.05) is 0 Å². The predicted molar refractivity (Wildman–Crippen MR) is 35.6 cm³/mol. The molecule has 0 aromatic carbocycles. The van der Waals surface area contributed by atoms with Gasteiger partial charge in [-0.1, -0.05) is 0 Å². The van der Waals surface area contributed by atoms with Crippen LogP contribution in [-0.2, 0) is 18.1 Å². The van der Waals surface area contributed by atoms with E-state index in [2.05, 4.69) is 13.6 Å². The summed E-state index contributed by atoms with van der Waals surface area (Å²) in [5, 5.41) is 17.2. The molecular weight excluding hydrogens is 175 g/mol. The van der Waals surface area contributed by atoms with E-state index in [4.69, 9.17) is 10.2 Å². The summed E-state index contributed by atoms with van der Waals surface area (Å²) in [6, 6.07) is 0. The van der Waals surface area contributed by atoms with Gasteiger partial charge in [-0.2, -0.15) is 0 Å². The molecular formula is C4H11O6P. The maximum absolute atomic E-state index is 11.0. The summed E-state index contributed by atoms with van der Waals surface area (Å²) < 4.78 is 23.6. The highest BCUT2D eigenvalue weighted by Gasteiger charge is 2.33. The minimum atomic E-state index is -3.80. The molecule has 0 aromatic rings. The maximum Gasteiger partial charge on any atom is 0.478 e. The fourth-order valence-electron chi connectivity index (χ4n) is 0.361. The topological polar surface area (TPSA) is 85.2 Å². The normalized spacial score (nSPS) is 13.5. The van der Waals surface area contributed by atoms with Gasteiger partial charge in [-0.3, -0.25) is 9.05 Å². The number of phosphoric ester groups is 1. The maximum atomic E-state index is 11.0. The van der Waals surface area contributed by atoms with Gasteiger partial charge in [0.2, 0.25) is 0 Å². The smallest absolute Gasteiger partial charge is 0.343 e. The Labute approximate surface area is 64.3 Å². The molecule has 0 saturated heterocycles. The average Bonchev–Trinajstić information content (AvgIpc) is 1.84. The second-order valence-corrected chi connectivity index (χ2v) is 3.64. The average molecular weight is 186 g/mol. The molecule has 0 aliphatic carbocycles. The van der Waals surface area contributed by atoms with Crippen molar-refractivity contribution in [2.45, 2.75) is 12.9 Å². The van der Waals surface area contributed by atoms with Gasteiger partial charge in [0.1, 0.15) is 0 Å². The lowest BCUT2D eigenvalue weighted by molar-refractivity contribution is -0.285. The molecule has 0 radical (unpaired) electrons. The van der Waals surface area contributed by atoms with E-state index < -0.39 is 13.8 Å². The Kier molecular flexibility index (Phi) is 3.63. The minimum absolute atomic E-state index is 0.887. The molecule has 0 aromatic heterocycles. The molecule has 0 atom stereocenters. The minimum Gasteiger partial charge on any atom is -0.343 e. The fraction of sp³-hybridized carbons (Fsp3) is 1.00. The van der Waals surface area contributed by atoms with Crippen LogP contribution in [0.4, 0.5) is 0 Å². The van der Waals surface area contributed by atoms with E-state index in [1.54, 1.807) is 0 Å². The molecule has 0 rings (SSSR count). The van der Waals surface area contributed by atoms with Crippen LogP contribution in [0, 0.1) is 0 Å². The fourth-order valence-corrected chi connectivity index (χ4v) is 1.08. The number of phosphoric acid groups is 1. The van der Waals surface area contributed by atoms with Crippen LogP contribution in [0.5, 0.6) is 0 Å². The summed E-state index contributed by atoms with van der Waals surface area (Å²) in [4.78, 5) is 0. The molecule has 7 heteroatoms. The van der Waals surface area contributed by atoms with Gasteiger partial charge in [0.25, 0.3) is 5.97 Å². The Bertz CT molecular complexity index is 152. The van der Waals surface area contributed by atoms with Gasteiger partial charge in [0.15, 0.2) is 0 Å². The molecule has 0 saturated carbocycles. The third-order valence-corrected chi connectivity index (χ3v) is 2.20. The number of hydrogen-bond donors (Lipinski definition) is 2. The van der Waals surface area contributed by atoms with Crippen molar-refractivity contribution in [1.82, 2.24) is 0 Å². The Morgan fingerprint density at radius 3 is 1.73 bits per heavy atom. The first-order valence-corrected chi connectivity index (χ1v) is 4.16. The van der Waals surface area contributed by atoms with E-state index in [-0.39, 0.29) is 0 Å². The Hall–Kier alpha value is 0.0300. The van der Waals surface area contributed by atoms with Crippen LogP contribution < -0.4 is 0 Å². The standard InChI is InChI=1S/C4H11O6P/c1-4(5,6)10-11(7,8-2)9-3/h5-6H,1-3H3. The quantitative estimate of drug-likeness (QED) is 0.477. The monoisotopic (exact) mass is 186 g/mol. The van der Waals surface area contributed by atoms with E-state index in [0.717, 1.165) is 21.1 Å². The van der Waals surface area contributed by atoms with Gasteiger partial charge < -0.3 is 10.2 Å². The van der Waals surface area contributed by atoms with Crippen molar-refractivity contribution in [2.75, 3.05) is 14.2 Å². The largest absolute Gasteiger partial charge is 0.478 e. The lowest BCUT2D eigenvalue weighted by Crippen LogP contribution is -2.26. The Morgan fingerprint density at radius 1 is 1.27 bits per heavy atom. The lowest BCUT2D eigenvalue weighted by Gasteiger charge is -2.20. The third kappa shape index (κ3) is 4.47. The number of aliphatic hydroxyl groups is 2. The van der Waals surface area contributed by atoms with Gasteiger partial charge in [-0.15, -0.1) is 0 Å². The number of hydrogen-bond acceptors (Lipinski definition) is 6. The summed E-state index contributed by atoms with van der Waals surface area (Å²) in [7, 11) is -1.67. The van der Waals surface area contributed by atoms with Crippen LogP contribution in [0.15, 0.2) is 0 Å². The molecule has 0 aliphatic heterocycles. The first-order valence-electron chi connectivity index (χ1n) is 2.70. The van der Waals surface area contributed by atoms with Crippen LogP contribution in [0.1, 0.15) is 6.92 Å². The van der Waals surface area contributed by atoms with Crippen LogP contribution in [0.2, 0.25) is 0 Å². The summed E-state index contributed by atoms with van der Waals surface area (Å²) in [5.74, 6) is -2.53. The number of rotatable bonds is 4. The SMILES string of the molecule is COP(=O)(OC)OC(C)(O)O. The zero-order valence-corrected chi connectivity index (χ0v) is 7.37. The van der Waals surface area contributed by atoms with E-state index in [0.29, 0.717) is 0 Å². The predicted octanol–water partition coefficient (Wildman–Crippen LogP) is 0.0622. The third-order valence-electron chi connectivity index (χ3n) is 0.732. The Morgan fingerprint density at radius 2 is 1.64 bits per heavy atom. The molecule has 0 bridgehead atoms. The molecule has 11 heavy (non-hydrogen) atoms. The zero-order chi connectivity index (χ0) is 9.12. The van der Waals surface area contributed by atoms with Crippen molar-refractivity contribution in [1.29, 1.82) is 0 Å². The van der Waals surface area contributed by atoms with Crippen molar-refractivity contribution < 1.29 is 28.3 Å². The highest BCUT2D eigenvalue weighted by molar-refractivity contribution is 7.48. The molecule has 2 N–H and O–H groups in total. The van der Waals surface area contributed by atoms with Crippen molar-refractivity contribution in [3.8, 4) is 0 Å². The second kappa shape index (κ2) is 3.62. The molecule has 0 aliphatic rings. The van der Waals surface area contributed by atoms with Crippen LogP contribution >= 0.6 is 7.82 Å². The van der Waals surface area contributed by atoms with Crippen molar-refractivity contribution >= 4 is 7.82 Å². The summed E-state index contributed by atoms with van der Waals surface area (Å²) in [6.07, 6.45) is 0. The molecule has 0 unspecified atom stereocenters. The highest BCUT2D eigenvalue weighted by Crippen LogP contribution is 2.49. The summed E-state index contributed by atoms with van der Waals surface area (Å²) in [6.45, 7) is 0.887. The van der Waals surface area contributed by atoms with Crippen LogP contribution in [0.3, 0.4) is 0 Å². The van der Waals surface area contributed by atoms with E-state index in [1.165, 1.54) is 0 Å². The highest BCUT2D eigenvalue weighted by atomic mass is 31.2. The lowest BCUT2D eigenvalue weighted by atomic mass is 10.7. The van der Waals surface area contributed by atoms with Crippen LogP contribution in [-0.4, -0.2) is 30.4 Å². The van der Waals surface area contributed by atoms with Crippen molar-refractivity contribution in [3.05, 3.63) is 0 Å². The van der Waals surface area contributed by atoms with Gasteiger partial charge in [0.05, 0.1) is 0 Å². The summed E-state index contributed by atoms with van der Waals surface area (Å²) in [5.41, 5.74) is 0.